The van der Waals surface area contributed by atoms with Crippen molar-refractivity contribution in [3.05, 3.63) is 5.82 Å². The Morgan fingerprint density at radius 2 is 2.15 bits per heavy atom. The molecule has 0 bridgehead atoms. The lowest BCUT2D eigenvalue weighted by atomic mass is 9.96. The summed E-state index contributed by atoms with van der Waals surface area (Å²) in [6, 6.07) is 0. The Hall–Kier alpha value is -0.550. The summed E-state index contributed by atoms with van der Waals surface area (Å²) >= 11 is 1.58. The summed E-state index contributed by atoms with van der Waals surface area (Å²) in [4.78, 5) is 4.36. The minimum Gasteiger partial charge on any atom is -0.330 e. The van der Waals surface area contributed by atoms with Gasteiger partial charge in [-0.25, -0.2) is 4.98 Å². The number of hydrogen-bond donors (Lipinski definition) is 2. The molecule has 5 heteroatoms. The van der Waals surface area contributed by atoms with Gasteiger partial charge in [0.1, 0.15) is 5.82 Å². The summed E-state index contributed by atoms with van der Waals surface area (Å²) in [6.45, 7) is 6.96. The van der Waals surface area contributed by atoms with Crippen LogP contribution in [0.2, 0.25) is 0 Å². The van der Waals surface area contributed by atoms with Gasteiger partial charge in [0, 0.05) is 17.7 Å². The molecule has 0 aliphatic carbocycles. The van der Waals surface area contributed by atoms with Gasteiger partial charge in [-0.05, 0) is 0 Å². The monoisotopic (exact) mass is 200 g/mol. The Balaban J connectivity index is 2.64. The van der Waals surface area contributed by atoms with Gasteiger partial charge in [-0.1, -0.05) is 32.5 Å². The van der Waals surface area contributed by atoms with Gasteiger partial charge in [-0.2, -0.15) is 0 Å². The van der Waals surface area contributed by atoms with Crippen molar-refractivity contribution in [3.8, 4) is 0 Å². The minimum absolute atomic E-state index is 0.0362. The first kappa shape index (κ1) is 10.5. The number of aromatic nitrogens is 3. The molecule has 0 radical (unpaired) electrons. The van der Waals surface area contributed by atoms with Crippen molar-refractivity contribution in [2.45, 2.75) is 31.3 Å². The third-order valence-electron chi connectivity index (χ3n) is 1.52. The number of nitrogens with one attached hydrogen (secondary N) is 1. The summed E-state index contributed by atoms with van der Waals surface area (Å²) in [5.74, 6) is 1.79. The Labute approximate surface area is 82.7 Å². The number of hydrogen-bond acceptors (Lipinski definition) is 4. The maximum absolute atomic E-state index is 5.38. The number of H-pyrrole nitrogens is 1. The van der Waals surface area contributed by atoms with Crippen LogP contribution in [0, 0.1) is 0 Å². The van der Waals surface area contributed by atoms with Gasteiger partial charge >= 0.3 is 0 Å². The highest BCUT2D eigenvalue weighted by molar-refractivity contribution is 7.99. The average molecular weight is 200 g/mol. The molecule has 3 N–H and O–H groups in total. The molecule has 1 rings (SSSR count). The van der Waals surface area contributed by atoms with Crippen LogP contribution in [0.3, 0.4) is 0 Å². The highest BCUT2D eigenvalue weighted by Gasteiger charge is 2.18. The molecule has 0 aliphatic heterocycles. The van der Waals surface area contributed by atoms with Crippen molar-refractivity contribution in [2.75, 3.05) is 12.3 Å². The summed E-state index contributed by atoms with van der Waals surface area (Å²) in [5.41, 5.74) is 5.42. The number of rotatable bonds is 3. The lowest BCUT2D eigenvalue weighted by Gasteiger charge is -2.12. The van der Waals surface area contributed by atoms with Gasteiger partial charge in [0.25, 0.3) is 0 Å². The number of aromatic amines is 1. The predicted molar refractivity (Wildman–Crippen MR) is 54.9 cm³/mol. The SMILES string of the molecule is CC(C)(C)c1nc(SCCN)n[nH]1. The first-order valence-electron chi connectivity index (χ1n) is 4.30. The normalized spacial score (nSPS) is 12.0. The van der Waals surface area contributed by atoms with E-state index in [1.165, 1.54) is 0 Å². The molecule has 1 heterocycles. The maximum Gasteiger partial charge on any atom is 0.208 e. The van der Waals surface area contributed by atoms with Crippen LogP contribution in [-0.2, 0) is 5.41 Å². The van der Waals surface area contributed by atoms with Gasteiger partial charge in [-0.15, -0.1) is 5.10 Å². The smallest absolute Gasteiger partial charge is 0.208 e. The fraction of sp³-hybridized carbons (Fsp3) is 0.750. The second-order valence-electron chi connectivity index (χ2n) is 3.85. The molecule has 1 aromatic heterocycles. The van der Waals surface area contributed by atoms with Crippen LogP contribution in [0.4, 0.5) is 0 Å². The molecule has 0 unspecified atom stereocenters. The van der Waals surface area contributed by atoms with E-state index in [-0.39, 0.29) is 5.41 Å². The topological polar surface area (TPSA) is 67.6 Å². The van der Waals surface area contributed by atoms with Crippen molar-refractivity contribution < 1.29 is 0 Å². The first-order valence-corrected chi connectivity index (χ1v) is 5.28. The van der Waals surface area contributed by atoms with E-state index < -0.39 is 0 Å². The number of thioether (sulfide) groups is 1. The highest BCUT2D eigenvalue weighted by atomic mass is 32.2. The summed E-state index contributed by atoms with van der Waals surface area (Å²) in [7, 11) is 0. The molecular formula is C8H16N4S. The highest BCUT2D eigenvalue weighted by Crippen LogP contribution is 2.20. The number of nitrogens with two attached hydrogens (primary N) is 1. The van der Waals surface area contributed by atoms with Crippen molar-refractivity contribution in [1.82, 2.24) is 15.2 Å². The average Bonchev–Trinajstić information content (AvgIpc) is 2.47. The van der Waals surface area contributed by atoms with E-state index in [1.807, 2.05) is 0 Å². The van der Waals surface area contributed by atoms with E-state index in [0.717, 1.165) is 16.7 Å². The molecule has 0 aromatic carbocycles. The van der Waals surface area contributed by atoms with Gasteiger partial charge in [-0.3, -0.25) is 5.10 Å². The molecule has 4 nitrogen and oxygen atoms in total. The van der Waals surface area contributed by atoms with Crippen LogP contribution in [0.15, 0.2) is 5.16 Å². The molecule has 74 valence electrons. The predicted octanol–water partition coefficient (Wildman–Crippen LogP) is 1.15. The Morgan fingerprint density at radius 3 is 2.62 bits per heavy atom. The molecule has 0 fully saturated rings. The van der Waals surface area contributed by atoms with Crippen LogP contribution in [0.5, 0.6) is 0 Å². The number of nitrogens with zero attached hydrogens (tertiary/aromatic N) is 2. The first-order chi connectivity index (χ1) is 6.04. The molecule has 0 saturated carbocycles. The van der Waals surface area contributed by atoms with Crippen LogP contribution in [0.1, 0.15) is 26.6 Å². The standard InChI is InChI=1S/C8H16N4S/c1-8(2,3)6-10-7(12-11-6)13-5-4-9/h4-5,9H2,1-3H3,(H,10,11,12). The fourth-order valence-corrected chi connectivity index (χ4v) is 1.36. The van der Waals surface area contributed by atoms with Crippen LogP contribution >= 0.6 is 11.8 Å². The van der Waals surface area contributed by atoms with Crippen molar-refractivity contribution >= 4 is 11.8 Å². The van der Waals surface area contributed by atoms with Crippen LogP contribution < -0.4 is 5.73 Å². The van der Waals surface area contributed by atoms with E-state index in [0.29, 0.717) is 6.54 Å². The second-order valence-corrected chi connectivity index (χ2v) is 4.92. The summed E-state index contributed by atoms with van der Waals surface area (Å²) in [6.07, 6.45) is 0. The van der Waals surface area contributed by atoms with Crippen LogP contribution in [0.25, 0.3) is 0 Å². The van der Waals surface area contributed by atoms with Crippen LogP contribution in [-0.4, -0.2) is 27.5 Å². The Morgan fingerprint density at radius 1 is 1.46 bits per heavy atom. The van der Waals surface area contributed by atoms with E-state index in [1.54, 1.807) is 11.8 Å². The molecule has 0 saturated heterocycles. The van der Waals surface area contributed by atoms with Gasteiger partial charge in [0.05, 0.1) is 0 Å². The lowest BCUT2D eigenvalue weighted by molar-refractivity contribution is 0.547. The van der Waals surface area contributed by atoms with Gasteiger partial charge in [0.2, 0.25) is 5.16 Å². The molecule has 13 heavy (non-hydrogen) atoms. The van der Waals surface area contributed by atoms with E-state index in [4.69, 9.17) is 5.73 Å². The van der Waals surface area contributed by atoms with E-state index in [2.05, 4.69) is 36.0 Å². The Bertz CT molecular complexity index is 263. The zero-order valence-electron chi connectivity index (χ0n) is 8.29. The maximum atomic E-state index is 5.38. The minimum atomic E-state index is 0.0362. The molecule has 0 atom stereocenters. The van der Waals surface area contributed by atoms with Gasteiger partial charge < -0.3 is 5.73 Å². The molecular weight excluding hydrogens is 184 g/mol. The molecule has 0 aliphatic rings. The zero-order chi connectivity index (χ0) is 9.90. The fourth-order valence-electron chi connectivity index (χ4n) is 0.797. The second kappa shape index (κ2) is 4.11. The van der Waals surface area contributed by atoms with Crippen molar-refractivity contribution in [1.29, 1.82) is 0 Å². The van der Waals surface area contributed by atoms with Crippen molar-refractivity contribution in [3.63, 3.8) is 0 Å². The molecule has 1 aromatic rings. The zero-order valence-corrected chi connectivity index (χ0v) is 9.11. The van der Waals surface area contributed by atoms with E-state index >= 15 is 0 Å². The van der Waals surface area contributed by atoms with Crippen molar-refractivity contribution in [2.24, 2.45) is 5.73 Å². The Kier molecular flexibility index (Phi) is 3.33. The third kappa shape index (κ3) is 3.00. The van der Waals surface area contributed by atoms with E-state index in [9.17, 15) is 0 Å². The van der Waals surface area contributed by atoms with Gasteiger partial charge in [0.15, 0.2) is 0 Å². The summed E-state index contributed by atoms with van der Waals surface area (Å²) in [5, 5.41) is 7.81. The molecule has 0 amide bonds. The lowest BCUT2D eigenvalue weighted by Crippen LogP contribution is -2.13. The largest absolute Gasteiger partial charge is 0.330 e. The summed E-state index contributed by atoms with van der Waals surface area (Å²) < 4.78 is 0. The third-order valence-corrected chi connectivity index (χ3v) is 2.40. The quantitative estimate of drug-likeness (QED) is 0.718. The molecule has 0 spiro atoms.